The lowest BCUT2D eigenvalue weighted by molar-refractivity contribution is 0.0596. The van der Waals surface area contributed by atoms with Gasteiger partial charge >= 0.3 is 5.97 Å². The van der Waals surface area contributed by atoms with Gasteiger partial charge in [0, 0.05) is 24.5 Å². The lowest BCUT2D eigenvalue weighted by Gasteiger charge is -2.15. The minimum absolute atomic E-state index is 0.371. The van der Waals surface area contributed by atoms with Gasteiger partial charge in [-0.15, -0.1) is 11.8 Å². The van der Waals surface area contributed by atoms with Crippen LogP contribution in [-0.2, 0) is 10.5 Å². The number of para-hydroxylation sites is 1. The number of aromatic nitrogens is 2. The van der Waals surface area contributed by atoms with Crippen LogP contribution in [0.25, 0.3) is 0 Å². The van der Waals surface area contributed by atoms with Crippen molar-refractivity contribution in [3.05, 3.63) is 71.8 Å². The highest BCUT2D eigenvalue weighted by molar-refractivity contribution is 7.99. The molecule has 3 rings (SSSR count). The van der Waals surface area contributed by atoms with Gasteiger partial charge < -0.3 is 15.4 Å². The van der Waals surface area contributed by atoms with Gasteiger partial charge in [0.25, 0.3) is 0 Å². The molecule has 6 nitrogen and oxygen atoms in total. The molecule has 0 spiro atoms. The molecule has 0 amide bonds. The van der Waals surface area contributed by atoms with Crippen LogP contribution < -0.4 is 10.6 Å². The highest BCUT2D eigenvalue weighted by Crippen LogP contribution is 2.31. The molecular weight excluding hydrogens is 416 g/mol. The first-order valence-corrected chi connectivity index (χ1v) is 11.7. The van der Waals surface area contributed by atoms with E-state index in [1.807, 2.05) is 54.8 Å². The second kappa shape index (κ2) is 11.5. The van der Waals surface area contributed by atoms with Gasteiger partial charge in [-0.25, -0.2) is 14.8 Å². The standard InChI is InChI=1S/C22H24N4O2S2/c1-28-21(27)18-19(24-14-13-23-17-11-7-4-8-12-17)25-22(29-2)26-20(18)30-15-16-9-5-3-6-10-16/h3-12,23H,13-15H2,1-2H3,(H,24,25,26). The average molecular weight is 441 g/mol. The molecule has 0 unspecified atom stereocenters. The number of methoxy groups -OCH3 is 1. The van der Waals surface area contributed by atoms with Crippen molar-refractivity contribution in [2.45, 2.75) is 15.9 Å². The maximum absolute atomic E-state index is 12.5. The molecule has 3 aromatic rings. The number of nitrogens with one attached hydrogen (secondary N) is 2. The van der Waals surface area contributed by atoms with E-state index in [4.69, 9.17) is 4.74 Å². The Morgan fingerprint density at radius 2 is 1.63 bits per heavy atom. The fourth-order valence-corrected chi connectivity index (χ4v) is 4.09. The first kappa shape index (κ1) is 22.0. The molecule has 0 aliphatic heterocycles. The minimum Gasteiger partial charge on any atom is -0.465 e. The molecule has 0 aliphatic carbocycles. The molecule has 2 N–H and O–H groups in total. The van der Waals surface area contributed by atoms with Gasteiger partial charge in [-0.3, -0.25) is 0 Å². The molecule has 2 aromatic carbocycles. The second-order valence-electron chi connectivity index (χ2n) is 6.22. The molecule has 0 radical (unpaired) electrons. The van der Waals surface area contributed by atoms with Gasteiger partial charge in [0.15, 0.2) is 5.16 Å². The normalized spacial score (nSPS) is 10.5. The molecule has 1 heterocycles. The molecule has 0 bridgehead atoms. The molecule has 8 heteroatoms. The Morgan fingerprint density at radius 3 is 2.30 bits per heavy atom. The van der Waals surface area contributed by atoms with Crippen molar-refractivity contribution in [2.24, 2.45) is 0 Å². The van der Waals surface area contributed by atoms with E-state index in [1.54, 1.807) is 0 Å². The third-order valence-electron chi connectivity index (χ3n) is 4.17. The number of rotatable bonds is 10. The van der Waals surface area contributed by atoms with Gasteiger partial charge in [0.1, 0.15) is 16.4 Å². The van der Waals surface area contributed by atoms with Crippen LogP contribution in [0, 0.1) is 0 Å². The molecule has 0 atom stereocenters. The summed E-state index contributed by atoms with van der Waals surface area (Å²) >= 11 is 2.94. The highest BCUT2D eigenvalue weighted by Gasteiger charge is 2.22. The van der Waals surface area contributed by atoms with Crippen LogP contribution in [0.2, 0.25) is 0 Å². The lowest BCUT2D eigenvalue weighted by atomic mass is 10.2. The number of anilines is 2. The number of carbonyl (C=O) groups is 1. The van der Waals surface area contributed by atoms with E-state index in [0.29, 0.717) is 40.4 Å². The predicted octanol–water partition coefficient (Wildman–Crippen LogP) is 4.80. The summed E-state index contributed by atoms with van der Waals surface area (Å²) in [6, 6.07) is 20.0. The third kappa shape index (κ3) is 6.14. The van der Waals surface area contributed by atoms with E-state index in [0.717, 1.165) is 11.3 Å². The first-order chi connectivity index (χ1) is 14.7. The number of hydrogen-bond donors (Lipinski definition) is 2. The number of hydrogen-bond acceptors (Lipinski definition) is 8. The number of benzene rings is 2. The molecule has 1 aromatic heterocycles. The number of ether oxygens (including phenoxy) is 1. The van der Waals surface area contributed by atoms with Gasteiger partial charge in [-0.2, -0.15) is 0 Å². The number of carbonyl (C=O) groups excluding carboxylic acids is 1. The van der Waals surface area contributed by atoms with Gasteiger partial charge in [0.05, 0.1) is 7.11 Å². The molecule has 0 saturated heterocycles. The Balaban J connectivity index is 1.76. The van der Waals surface area contributed by atoms with E-state index >= 15 is 0 Å². The Bertz CT molecular complexity index is 956. The van der Waals surface area contributed by atoms with Crippen molar-refractivity contribution < 1.29 is 9.53 Å². The second-order valence-corrected chi connectivity index (χ2v) is 7.96. The number of esters is 1. The molecule has 30 heavy (non-hydrogen) atoms. The molecule has 0 aliphatic rings. The highest BCUT2D eigenvalue weighted by atomic mass is 32.2. The number of nitrogens with zero attached hydrogens (tertiary/aromatic N) is 2. The third-order valence-corrected chi connectivity index (χ3v) is 5.76. The summed E-state index contributed by atoms with van der Waals surface area (Å²) in [6.45, 7) is 1.27. The summed E-state index contributed by atoms with van der Waals surface area (Å²) in [5.74, 6) is 0.744. The first-order valence-electron chi connectivity index (χ1n) is 9.45. The van der Waals surface area contributed by atoms with Crippen LogP contribution in [0.3, 0.4) is 0 Å². The minimum atomic E-state index is -0.447. The van der Waals surface area contributed by atoms with Gasteiger partial charge in [-0.05, 0) is 24.0 Å². The topological polar surface area (TPSA) is 76.1 Å². The molecule has 0 fully saturated rings. The van der Waals surface area contributed by atoms with Crippen LogP contribution in [-0.4, -0.2) is 42.4 Å². The molecular formula is C22H24N4O2S2. The van der Waals surface area contributed by atoms with E-state index in [-0.39, 0.29) is 0 Å². The fourth-order valence-electron chi connectivity index (χ4n) is 2.70. The Kier molecular flexibility index (Phi) is 8.41. The van der Waals surface area contributed by atoms with Crippen molar-refractivity contribution in [3.8, 4) is 0 Å². The summed E-state index contributed by atoms with van der Waals surface area (Å²) in [7, 11) is 1.37. The van der Waals surface area contributed by atoms with E-state index in [9.17, 15) is 4.79 Å². The Labute approximate surface area is 185 Å². The van der Waals surface area contributed by atoms with Crippen LogP contribution in [0.5, 0.6) is 0 Å². The van der Waals surface area contributed by atoms with Crippen molar-refractivity contribution in [2.75, 3.05) is 37.1 Å². The Hall–Kier alpha value is -2.71. The van der Waals surface area contributed by atoms with E-state index in [2.05, 4.69) is 32.7 Å². The van der Waals surface area contributed by atoms with E-state index in [1.165, 1.54) is 30.6 Å². The van der Waals surface area contributed by atoms with Crippen LogP contribution in [0.1, 0.15) is 15.9 Å². The monoisotopic (exact) mass is 440 g/mol. The molecule has 156 valence electrons. The van der Waals surface area contributed by atoms with Crippen LogP contribution in [0.4, 0.5) is 11.5 Å². The lowest BCUT2D eigenvalue weighted by Crippen LogP contribution is -2.18. The largest absolute Gasteiger partial charge is 0.465 e. The zero-order valence-electron chi connectivity index (χ0n) is 16.9. The smallest absolute Gasteiger partial charge is 0.344 e. The maximum atomic E-state index is 12.5. The fraction of sp³-hybridized carbons (Fsp3) is 0.227. The van der Waals surface area contributed by atoms with Crippen molar-refractivity contribution in [3.63, 3.8) is 0 Å². The van der Waals surface area contributed by atoms with Crippen molar-refractivity contribution >= 4 is 41.0 Å². The van der Waals surface area contributed by atoms with Crippen LogP contribution >= 0.6 is 23.5 Å². The zero-order chi connectivity index (χ0) is 21.2. The average Bonchev–Trinajstić information content (AvgIpc) is 2.81. The van der Waals surface area contributed by atoms with Crippen molar-refractivity contribution in [1.82, 2.24) is 9.97 Å². The number of thioether (sulfide) groups is 2. The SMILES string of the molecule is COC(=O)c1c(NCCNc2ccccc2)nc(SC)nc1SCc1ccccc1. The van der Waals surface area contributed by atoms with Crippen molar-refractivity contribution in [1.29, 1.82) is 0 Å². The summed E-state index contributed by atoms with van der Waals surface area (Å²) in [4.78, 5) is 21.6. The van der Waals surface area contributed by atoms with Gasteiger partial charge in [0.2, 0.25) is 0 Å². The maximum Gasteiger partial charge on any atom is 0.344 e. The predicted molar refractivity (Wildman–Crippen MR) is 125 cm³/mol. The zero-order valence-corrected chi connectivity index (χ0v) is 18.6. The summed E-state index contributed by atoms with van der Waals surface area (Å²) in [5, 5.41) is 7.83. The molecule has 0 saturated carbocycles. The summed E-state index contributed by atoms with van der Waals surface area (Å²) < 4.78 is 5.02. The Morgan fingerprint density at radius 1 is 0.967 bits per heavy atom. The van der Waals surface area contributed by atoms with Gasteiger partial charge in [-0.1, -0.05) is 60.3 Å². The van der Waals surface area contributed by atoms with E-state index < -0.39 is 5.97 Å². The van der Waals surface area contributed by atoms with Crippen LogP contribution in [0.15, 0.2) is 70.8 Å². The quantitative estimate of drug-likeness (QED) is 0.153. The summed E-state index contributed by atoms with van der Waals surface area (Å²) in [5.41, 5.74) is 2.57. The summed E-state index contributed by atoms with van der Waals surface area (Å²) in [6.07, 6.45) is 1.92.